The third-order valence-corrected chi connectivity index (χ3v) is 2.35. The predicted molar refractivity (Wildman–Crippen MR) is 69.0 cm³/mol. The topological polar surface area (TPSA) is 67.6 Å². The van der Waals surface area contributed by atoms with Crippen molar-refractivity contribution in [2.24, 2.45) is 0 Å². The van der Waals surface area contributed by atoms with Crippen molar-refractivity contribution in [3.05, 3.63) is 24.0 Å². The van der Waals surface area contributed by atoms with Crippen molar-refractivity contribution < 1.29 is 13.9 Å². The Labute approximate surface area is 106 Å². The molecule has 0 saturated carbocycles. The number of nitrogens with one attached hydrogen (secondary N) is 1. The normalized spacial score (nSPS) is 10.2. The van der Waals surface area contributed by atoms with Gasteiger partial charge in [-0.25, -0.2) is 4.39 Å². The molecule has 0 saturated heterocycles. The number of carbonyl (C=O) groups is 1. The zero-order valence-electron chi connectivity index (χ0n) is 10.6. The molecule has 0 bridgehead atoms. The maximum atomic E-state index is 13.2. The Morgan fingerprint density at radius 2 is 2.22 bits per heavy atom. The van der Waals surface area contributed by atoms with Crippen LogP contribution in [0.25, 0.3) is 0 Å². The summed E-state index contributed by atoms with van der Waals surface area (Å²) in [5.41, 5.74) is 6.44. The highest BCUT2D eigenvalue weighted by atomic mass is 19.1. The van der Waals surface area contributed by atoms with Gasteiger partial charge in [-0.15, -0.1) is 0 Å². The fourth-order valence-electron chi connectivity index (χ4n) is 1.47. The van der Waals surface area contributed by atoms with Crippen molar-refractivity contribution >= 4 is 17.3 Å². The summed E-state index contributed by atoms with van der Waals surface area (Å²) in [5.74, 6) is -0.575. The van der Waals surface area contributed by atoms with Gasteiger partial charge in [-0.05, 0) is 18.2 Å². The minimum absolute atomic E-state index is 0.132. The second-order valence-corrected chi connectivity index (χ2v) is 3.94. The molecule has 1 aromatic rings. The molecule has 0 aliphatic rings. The molecule has 1 aromatic carbocycles. The zero-order valence-corrected chi connectivity index (χ0v) is 10.6. The van der Waals surface area contributed by atoms with E-state index in [-0.39, 0.29) is 12.5 Å². The van der Waals surface area contributed by atoms with Gasteiger partial charge in [0, 0.05) is 32.1 Å². The molecule has 3 N–H and O–H groups in total. The Morgan fingerprint density at radius 3 is 2.83 bits per heavy atom. The van der Waals surface area contributed by atoms with Crippen LogP contribution in [0.15, 0.2) is 18.2 Å². The van der Waals surface area contributed by atoms with Crippen LogP contribution in [0.1, 0.15) is 0 Å². The third kappa shape index (κ3) is 4.58. The number of nitrogen functional groups attached to an aromatic ring is 1. The lowest BCUT2D eigenvalue weighted by atomic mass is 10.2. The Hall–Kier alpha value is -1.82. The molecule has 0 fully saturated rings. The summed E-state index contributed by atoms with van der Waals surface area (Å²) in [6.07, 6.45) is 0. The van der Waals surface area contributed by atoms with E-state index in [0.29, 0.717) is 24.5 Å². The monoisotopic (exact) mass is 255 g/mol. The predicted octanol–water partition coefficient (Wildman–Crippen LogP) is 0.607. The van der Waals surface area contributed by atoms with Crippen molar-refractivity contribution in [1.82, 2.24) is 5.32 Å². The molecular formula is C12H18FN3O2. The van der Waals surface area contributed by atoms with Gasteiger partial charge < -0.3 is 20.7 Å². The maximum Gasteiger partial charge on any atom is 0.239 e. The van der Waals surface area contributed by atoms with Crippen molar-refractivity contribution in [3.63, 3.8) is 0 Å². The molecule has 0 unspecified atom stereocenters. The molecule has 0 aromatic heterocycles. The van der Waals surface area contributed by atoms with E-state index in [1.165, 1.54) is 12.1 Å². The summed E-state index contributed by atoms with van der Waals surface area (Å²) in [6.45, 7) is 1.05. The second kappa shape index (κ2) is 6.80. The van der Waals surface area contributed by atoms with Crippen LogP contribution < -0.4 is 16.0 Å². The number of nitrogens with zero attached hydrogens (tertiary/aromatic N) is 1. The molecule has 1 rings (SSSR count). The number of hydrogen-bond donors (Lipinski definition) is 2. The van der Waals surface area contributed by atoms with Crippen molar-refractivity contribution in [1.29, 1.82) is 0 Å². The molecule has 6 heteroatoms. The molecule has 0 aliphatic carbocycles. The molecule has 0 radical (unpaired) electrons. The lowest BCUT2D eigenvalue weighted by Gasteiger charge is -2.19. The fraction of sp³-hybridized carbons (Fsp3) is 0.417. The van der Waals surface area contributed by atoms with E-state index in [4.69, 9.17) is 10.5 Å². The van der Waals surface area contributed by atoms with Crippen LogP contribution in [0.4, 0.5) is 15.8 Å². The summed E-state index contributed by atoms with van der Waals surface area (Å²) in [7, 11) is 3.26. The highest BCUT2D eigenvalue weighted by Gasteiger charge is 2.08. The first-order valence-electron chi connectivity index (χ1n) is 5.55. The molecule has 0 aliphatic heterocycles. The third-order valence-electron chi connectivity index (χ3n) is 2.35. The number of likely N-dealkylation sites (N-methyl/N-ethyl adjacent to an activating group) is 1. The zero-order chi connectivity index (χ0) is 13.5. The van der Waals surface area contributed by atoms with Gasteiger partial charge in [-0.3, -0.25) is 4.79 Å². The number of nitrogens with two attached hydrogens (primary N) is 1. The lowest BCUT2D eigenvalue weighted by Crippen LogP contribution is -2.36. The molecule has 1 amide bonds. The fourth-order valence-corrected chi connectivity index (χ4v) is 1.47. The molecule has 0 atom stereocenters. The molecule has 18 heavy (non-hydrogen) atoms. The van der Waals surface area contributed by atoms with Crippen LogP contribution in [-0.2, 0) is 9.53 Å². The van der Waals surface area contributed by atoms with E-state index in [2.05, 4.69) is 5.32 Å². The Morgan fingerprint density at radius 1 is 1.50 bits per heavy atom. The van der Waals surface area contributed by atoms with Crippen molar-refractivity contribution in [2.75, 3.05) is 44.5 Å². The second-order valence-electron chi connectivity index (χ2n) is 3.94. The van der Waals surface area contributed by atoms with Crippen LogP contribution in [0, 0.1) is 5.82 Å². The lowest BCUT2D eigenvalue weighted by molar-refractivity contribution is -0.119. The first-order valence-corrected chi connectivity index (χ1v) is 5.55. The Bertz CT molecular complexity index is 392. The number of halogens is 1. The molecule has 5 nitrogen and oxygen atoms in total. The van der Waals surface area contributed by atoms with Gasteiger partial charge in [-0.1, -0.05) is 0 Å². The summed E-state index contributed by atoms with van der Waals surface area (Å²) < 4.78 is 18.0. The van der Waals surface area contributed by atoms with Crippen molar-refractivity contribution in [3.8, 4) is 0 Å². The van der Waals surface area contributed by atoms with E-state index in [1.54, 1.807) is 25.1 Å². The summed E-state index contributed by atoms with van der Waals surface area (Å²) in [5, 5.41) is 2.68. The number of rotatable bonds is 6. The van der Waals surface area contributed by atoms with Gasteiger partial charge in [-0.2, -0.15) is 0 Å². The van der Waals surface area contributed by atoms with Crippen LogP contribution in [0.2, 0.25) is 0 Å². The van der Waals surface area contributed by atoms with Gasteiger partial charge in [0.05, 0.1) is 13.2 Å². The van der Waals surface area contributed by atoms with Crippen molar-refractivity contribution in [2.45, 2.75) is 0 Å². The van der Waals surface area contributed by atoms with E-state index < -0.39 is 5.82 Å². The van der Waals surface area contributed by atoms with Gasteiger partial charge in [0.15, 0.2) is 0 Å². The van der Waals surface area contributed by atoms with Gasteiger partial charge in [0.2, 0.25) is 5.91 Å². The van der Waals surface area contributed by atoms with Crippen LogP contribution >= 0.6 is 0 Å². The number of benzene rings is 1. The van der Waals surface area contributed by atoms with Gasteiger partial charge in [0.25, 0.3) is 0 Å². The Kier molecular flexibility index (Phi) is 5.38. The summed E-state index contributed by atoms with van der Waals surface area (Å²) >= 11 is 0. The van der Waals surface area contributed by atoms with Crippen LogP contribution in [-0.4, -0.2) is 39.8 Å². The summed E-state index contributed by atoms with van der Waals surface area (Å²) in [6, 6.07) is 4.18. The quantitative estimate of drug-likeness (QED) is 0.577. The largest absolute Gasteiger partial charge is 0.399 e. The van der Waals surface area contributed by atoms with E-state index >= 15 is 0 Å². The van der Waals surface area contributed by atoms with Gasteiger partial charge in [0.1, 0.15) is 5.82 Å². The van der Waals surface area contributed by atoms with Crippen LogP contribution in [0.5, 0.6) is 0 Å². The number of hydrogen-bond acceptors (Lipinski definition) is 4. The number of amides is 1. The number of methoxy groups -OCH3 is 1. The minimum atomic E-state index is -0.420. The Balaban J connectivity index is 2.53. The number of carbonyl (C=O) groups excluding carboxylic acids is 1. The van der Waals surface area contributed by atoms with E-state index in [9.17, 15) is 9.18 Å². The smallest absolute Gasteiger partial charge is 0.239 e. The van der Waals surface area contributed by atoms with Crippen LogP contribution in [0.3, 0.4) is 0 Å². The SMILES string of the molecule is COCCNC(=O)CN(C)c1cc(N)cc(F)c1. The molecule has 0 spiro atoms. The average molecular weight is 255 g/mol. The first-order chi connectivity index (χ1) is 8.52. The number of ether oxygens (including phenoxy) is 1. The van der Waals surface area contributed by atoms with E-state index in [0.717, 1.165) is 0 Å². The average Bonchev–Trinajstić information content (AvgIpc) is 2.28. The minimum Gasteiger partial charge on any atom is -0.399 e. The first kappa shape index (κ1) is 14.2. The standard InChI is InChI=1S/C12H18FN3O2/c1-16(8-12(17)15-3-4-18-2)11-6-9(13)5-10(14)7-11/h5-7H,3-4,8,14H2,1-2H3,(H,15,17). The van der Waals surface area contributed by atoms with Gasteiger partial charge >= 0.3 is 0 Å². The molecular weight excluding hydrogens is 237 g/mol. The number of anilines is 2. The summed E-state index contributed by atoms with van der Waals surface area (Å²) in [4.78, 5) is 13.2. The molecule has 100 valence electrons. The highest BCUT2D eigenvalue weighted by molar-refractivity contribution is 5.81. The maximum absolute atomic E-state index is 13.2. The molecule has 0 heterocycles. The van der Waals surface area contributed by atoms with E-state index in [1.807, 2.05) is 0 Å². The highest BCUT2D eigenvalue weighted by Crippen LogP contribution is 2.18.